The van der Waals surface area contributed by atoms with Gasteiger partial charge < -0.3 is 0 Å². The molecule has 0 aliphatic carbocycles. The summed E-state index contributed by atoms with van der Waals surface area (Å²) in [6, 6.07) is 0. The molecule has 0 aromatic rings. The Labute approximate surface area is 49.3 Å². The molecule has 0 atom stereocenters. The summed E-state index contributed by atoms with van der Waals surface area (Å²) >= 11 is 5.10. The smallest absolute Gasteiger partial charge is 0.0883 e. The SMILES string of the molecule is BrC1=NCSC1. The zero-order chi connectivity index (χ0) is 4.41. The van der Waals surface area contributed by atoms with E-state index in [-0.39, 0.29) is 0 Å². The first-order chi connectivity index (χ1) is 2.89. The average molecular weight is 166 g/mol. The molecule has 0 saturated carbocycles. The topological polar surface area (TPSA) is 12.4 Å². The minimum atomic E-state index is 0.945. The average Bonchev–Trinajstić information content (AvgIpc) is 1.86. The molecule has 1 aliphatic rings. The third-order valence-corrected chi connectivity index (χ3v) is 2.24. The van der Waals surface area contributed by atoms with Gasteiger partial charge in [-0.05, 0) is 15.9 Å². The van der Waals surface area contributed by atoms with Gasteiger partial charge in [-0.3, -0.25) is 4.99 Å². The van der Waals surface area contributed by atoms with Crippen molar-refractivity contribution >= 4 is 32.3 Å². The lowest BCUT2D eigenvalue weighted by Crippen LogP contribution is -1.78. The summed E-state index contributed by atoms with van der Waals surface area (Å²) in [5.41, 5.74) is 0. The van der Waals surface area contributed by atoms with Gasteiger partial charge in [0.15, 0.2) is 0 Å². The lowest BCUT2D eigenvalue weighted by molar-refractivity contribution is 1.42. The van der Waals surface area contributed by atoms with Gasteiger partial charge in [0, 0.05) is 5.75 Å². The number of nitrogens with zero attached hydrogens (tertiary/aromatic N) is 1. The molecule has 1 heterocycles. The van der Waals surface area contributed by atoms with Crippen molar-refractivity contribution in [3.05, 3.63) is 0 Å². The van der Waals surface area contributed by atoms with Gasteiger partial charge >= 0.3 is 0 Å². The molecule has 0 aromatic heterocycles. The first-order valence-electron chi connectivity index (χ1n) is 1.66. The Morgan fingerprint density at radius 2 is 2.67 bits per heavy atom. The van der Waals surface area contributed by atoms with E-state index in [2.05, 4.69) is 20.9 Å². The van der Waals surface area contributed by atoms with E-state index in [1.54, 1.807) is 0 Å². The molecule has 1 aliphatic heterocycles. The molecule has 6 heavy (non-hydrogen) atoms. The Morgan fingerprint density at radius 1 is 1.83 bits per heavy atom. The van der Waals surface area contributed by atoms with Crippen LogP contribution in [0.15, 0.2) is 4.99 Å². The van der Waals surface area contributed by atoms with Gasteiger partial charge in [0.25, 0.3) is 0 Å². The van der Waals surface area contributed by atoms with Crippen molar-refractivity contribution in [2.24, 2.45) is 4.99 Å². The van der Waals surface area contributed by atoms with Crippen LogP contribution in [0.5, 0.6) is 0 Å². The quantitative estimate of drug-likeness (QED) is 0.530. The number of rotatable bonds is 0. The molecule has 34 valence electrons. The molecule has 0 bridgehead atoms. The lowest BCUT2D eigenvalue weighted by atomic mass is 10.9. The molecule has 3 heteroatoms. The maximum Gasteiger partial charge on any atom is 0.0883 e. The third kappa shape index (κ3) is 0.980. The van der Waals surface area contributed by atoms with Crippen LogP contribution in [0.3, 0.4) is 0 Å². The first kappa shape index (κ1) is 4.65. The second-order valence-corrected chi connectivity index (χ2v) is 2.88. The van der Waals surface area contributed by atoms with E-state index in [4.69, 9.17) is 0 Å². The second kappa shape index (κ2) is 1.98. The van der Waals surface area contributed by atoms with Gasteiger partial charge in [0.05, 0.1) is 10.5 Å². The Hall–Kier alpha value is 0.500. The molecule has 0 spiro atoms. The van der Waals surface area contributed by atoms with Crippen LogP contribution < -0.4 is 0 Å². The van der Waals surface area contributed by atoms with Crippen molar-refractivity contribution in [2.45, 2.75) is 0 Å². The highest BCUT2D eigenvalue weighted by Gasteiger charge is 1.98. The first-order valence-corrected chi connectivity index (χ1v) is 3.61. The largest absolute Gasteiger partial charge is 0.271 e. The van der Waals surface area contributed by atoms with E-state index in [0.29, 0.717) is 0 Å². The van der Waals surface area contributed by atoms with Crippen LogP contribution in [0.2, 0.25) is 0 Å². The van der Waals surface area contributed by atoms with Crippen molar-refractivity contribution in [1.82, 2.24) is 0 Å². The Bertz CT molecular complexity index is 80.9. The summed E-state index contributed by atoms with van der Waals surface area (Å²) in [6.07, 6.45) is 0. The van der Waals surface area contributed by atoms with Gasteiger partial charge in [0.2, 0.25) is 0 Å². The van der Waals surface area contributed by atoms with E-state index in [0.717, 1.165) is 16.3 Å². The second-order valence-electron chi connectivity index (χ2n) is 1.01. The molecule has 1 rings (SSSR count). The molecular formula is C3H4BrNS. The van der Waals surface area contributed by atoms with Crippen LogP contribution in [-0.4, -0.2) is 16.3 Å². The van der Waals surface area contributed by atoms with Crippen molar-refractivity contribution < 1.29 is 0 Å². The predicted octanol–water partition coefficient (Wildman–Crippen LogP) is 1.48. The van der Waals surface area contributed by atoms with Crippen LogP contribution in [0.1, 0.15) is 0 Å². The minimum Gasteiger partial charge on any atom is -0.271 e. The highest BCUT2D eigenvalue weighted by molar-refractivity contribution is 9.18. The summed E-state index contributed by atoms with van der Waals surface area (Å²) in [6.45, 7) is 0. The molecule has 0 amide bonds. The summed E-state index contributed by atoms with van der Waals surface area (Å²) in [7, 11) is 0. The third-order valence-electron chi connectivity index (χ3n) is 0.549. The van der Waals surface area contributed by atoms with E-state index in [9.17, 15) is 0 Å². The molecular weight excluding hydrogens is 162 g/mol. The predicted molar refractivity (Wildman–Crippen MR) is 33.7 cm³/mol. The monoisotopic (exact) mass is 165 g/mol. The lowest BCUT2D eigenvalue weighted by Gasteiger charge is -1.73. The fraction of sp³-hybridized carbons (Fsp3) is 0.667. The van der Waals surface area contributed by atoms with E-state index < -0.39 is 0 Å². The van der Waals surface area contributed by atoms with E-state index >= 15 is 0 Å². The maximum atomic E-state index is 4.03. The summed E-state index contributed by atoms with van der Waals surface area (Å²) < 4.78 is 1.10. The van der Waals surface area contributed by atoms with Crippen LogP contribution in [0, 0.1) is 0 Å². The minimum absolute atomic E-state index is 0.945. The van der Waals surface area contributed by atoms with Crippen molar-refractivity contribution in [3.63, 3.8) is 0 Å². The standard InChI is InChI=1S/C3H4BrNS/c4-3-1-6-2-5-3/h1-2H2. The molecule has 0 N–H and O–H groups in total. The molecule has 0 saturated heterocycles. The van der Waals surface area contributed by atoms with E-state index in [1.807, 2.05) is 11.8 Å². The molecule has 0 radical (unpaired) electrons. The number of hydrogen-bond acceptors (Lipinski definition) is 2. The Morgan fingerprint density at radius 3 is 2.83 bits per heavy atom. The van der Waals surface area contributed by atoms with Crippen LogP contribution in [0.4, 0.5) is 0 Å². The van der Waals surface area contributed by atoms with Gasteiger partial charge in [-0.15, -0.1) is 11.8 Å². The Balaban J connectivity index is 2.45. The maximum absolute atomic E-state index is 4.03. The van der Waals surface area contributed by atoms with Gasteiger partial charge in [-0.1, -0.05) is 0 Å². The summed E-state index contributed by atoms with van der Waals surface area (Å²) in [4.78, 5) is 4.03. The normalized spacial score (nSPS) is 21.2. The van der Waals surface area contributed by atoms with Crippen molar-refractivity contribution in [1.29, 1.82) is 0 Å². The van der Waals surface area contributed by atoms with E-state index in [1.165, 1.54) is 0 Å². The highest BCUT2D eigenvalue weighted by atomic mass is 79.9. The molecule has 1 nitrogen and oxygen atoms in total. The summed E-state index contributed by atoms with van der Waals surface area (Å²) in [5, 5.41) is 0. The van der Waals surface area contributed by atoms with Crippen LogP contribution in [0.25, 0.3) is 0 Å². The van der Waals surface area contributed by atoms with Crippen LogP contribution >= 0.6 is 27.7 Å². The molecule has 0 fully saturated rings. The van der Waals surface area contributed by atoms with Crippen molar-refractivity contribution in [2.75, 3.05) is 11.6 Å². The van der Waals surface area contributed by atoms with Crippen molar-refractivity contribution in [3.8, 4) is 0 Å². The zero-order valence-corrected chi connectivity index (χ0v) is 5.55. The number of halogens is 1. The summed E-state index contributed by atoms with van der Waals surface area (Å²) in [5.74, 6) is 2.01. The van der Waals surface area contributed by atoms with Gasteiger partial charge in [-0.25, -0.2) is 0 Å². The van der Waals surface area contributed by atoms with Crippen LogP contribution in [-0.2, 0) is 0 Å². The van der Waals surface area contributed by atoms with Gasteiger partial charge in [0.1, 0.15) is 0 Å². The fourth-order valence-electron chi connectivity index (χ4n) is 0.291. The highest BCUT2D eigenvalue weighted by Crippen LogP contribution is 2.12. The number of thioether (sulfide) groups is 1. The number of aliphatic imine (C=N–C) groups is 1. The molecule has 0 aromatic carbocycles. The zero-order valence-electron chi connectivity index (χ0n) is 3.15. The molecule has 0 unspecified atom stereocenters. The van der Waals surface area contributed by atoms with Gasteiger partial charge in [-0.2, -0.15) is 0 Å². The number of hydrogen-bond donors (Lipinski definition) is 0. The fourth-order valence-corrected chi connectivity index (χ4v) is 1.67. The Kier molecular flexibility index (Phi) is 1.54.